The zero-order chi connectivity index (χ0) is 15.1. The lowest BCUT2D eigenvalue weighted by atomic mass is 9.99. The minimum atomic E-state index is 1.00. The van der Waals surface area contributed by atoms with Crippen LogP contribution in [0.5, 0.6) is 0 Å². The van der Waals surface area contributed by atoms with Gasteiger partial charge in [-0.15, -0.1) is 0 Å². The maximum absolute atomic E-state index is 4.65. The van der Waals surface area contributed by atoms with Crippen molar-refractivity contribution < 1.29 is 0 Å². The number of aryl methyl sites for hydroxylation is 2. The van der Waals surface area contributed by atoms with Crippen molar-refractivity contribution in [3.8, 4) is 11.3 Å². The number of hydrogen-bond acceptors (Lipinski definition) is 2. The number of para-hydroxylation sites is 1. The second kappa shape index (κ2) is 4.92. The highest BCUT2D eigenvalue weighted by Gasteiger charge is 2.10. The van der Waals surface area contributed by atoms with Crippen LogP contribution in [0, 0.1) is 13.8 Å². The third kappa shape index (κ3) is 2.04. The van der Waals surface area contributed by atoms with Crippen LogP contribution in [0.2, 0.25) is 0 Å². The van der Waals surface area contributed by atoms with E-state index in [2.05, 4.69) is 72.3 Å². The number of fused-ring (bicyclic) bond motifs is 2. The molecule has 0 atom stereocenters. The zero-order valence-corrected chi connectivity index (χ0v) is 12.7. The van der Waals surface area contributed by atoms with Crippen LogP contribution in [0.15, 0.2) is 60.9 Å². The summed E-state index contributed by atoms with van der Waals surface area (Å²) in [7, 11) is 0. The largest absolute Gasteiger partial charge is 0.256 e. The van der Waals surface area contributed by atoms with Gasteiger partial charge in [-0.3, -0.25) is 9.97 Å². The summed E-state index contributed by atoms with van der Waals surface area (Å²) in [6.07, 6.45) is 3.79. The number of nitrogens with zero attached hydrogens (tertiary/aromatic N) is 2. The fourth-order valence-corrected chi connectivity index (χ4v) is 2.96. The number of hydrogen-bond donors (Lipinski definition) is 0. The van der Waals surface area contributed by atoms with Crippen LogP contribution in [0.25, 0.3) is 32.9 Å². The summed E-state index contributed by atoms with van der Waals surface area (Å²) in [6.45, 7) is 4.18. The van der Waals surface area contributed by atoms with E-state index in [4.69, 9.17) is 0 Å². The second-order valence-electron chi connectivity index (χ2n) is 5.77. The van der Waals surface area contributed by atoms with E-state index in [1.165, 1.54) is 21.9 Å². The first-order chi connectivity index (χ1) is 10.7. The van der Waals surface area contributed by atoms with Crippen LogP contribution >= 0.6 is 0 Å². The molecule has 0 saturated carbocycles. The van der Waals surface area contributed by atoms with Gasteiger partial charge in [0, 0.05) is 28.7 Å². The van der Waals surface area contributed by atoms with Gasteiger partial charge in [0.25, 0.3) is 0 Å². The third-order valence-electron chi connectivity index (χ3n) is 4.02. The predicted molar refractivity (Wildman–Crippen MR) is 92.0 cm³/mol. The number of aromatic nitrogens is 2. The molecule has 22 heavy (non-hydrogen) atoms. The molecular weight excluding hydrogens is 268 g/mol. The highest BCUT2D eigenvalue weighted by molar-refractivity contribution is 6.02. The fraction of sp³-hybridized carbons (Fsp3) is 0.100. The summed E-state index contributed by atoms with van der Waals surface area (Å²) in [5, 5.41) is 3.54. The van der Waals surface area contributed by atoms with E-state index in [9.17, 15) is 0 Å². The van der Waals surface area contributed by atoms with E-state index in [1.807, 2.05) is 12.4 Å². The number of rotatable bonds is 1. The minimum absolute atomic E-state index is 1.00. The molecule has 0 spiro atoms. The molecule has 0 radical (unpaired) electrons. The van der Waals surface area contributed by atoms with Gasteiger partial charge >= 0.3 is 0 Å². The Bertz CT molecular complexity index is 1000. The van der Waals surface area contributed by atoms with E-state index in [1.54, 1.807) is 0 Å². The van der Waals surface area contributed by atoms with Gasteiger partial charge in [-0.2, -0.15) is 0 Å². The Hall–Kier alpha value is -2.74. The van der Waals surface area contributed by atoms with Crippen molar-refractivity contribution in [3.63, 3.8) is 0 Å². The first kappa shape index (κ1) is 13.0. The van der Waals surface area contributed by atoms with Crippen molar-refractivity contribution in [2.45, 2.75) is 13.8 Å². The van der Waals surface area contributed by atoms with Crippen molar-refractivity contribution in [2.75, 3.05) is 0 Å². The quantitative estimate of drug-likeness (QED) is 0.488. The van der Waals surface area contributed by atoms with Crippen molar-refractivity contribution in [1.82, 2.24) is 9.97 Å². The lowest BCUT2D eigenvalue weighted by Gasteiger charge is -2.09. The van der Waals surface area contributed by atoms with Gasteiger partial charge in [0.2, 0.25) is 0 Å². The van der Waals surface area contributed by atoms with Crippen LogP contribution in [-0.4, -0.2) is 9.97 Å². The van der Waals surface area contributed by atoms with Crippen molar-refractivity contribution >= 4 is 21.7 Å². The molecule has 0 unspecified atom stereocenters. The van der Waals surface area contributed by atoms with Crippen LogP contribution in [0.4, 0.5) is 0 Å². The molecule has 2 nitrogen and oxygen atoms in total. The van der Waals surface area contributed by atoms with Crippen LogP contribution in [0.3, 0.4) is 0 Å². The maximum Gasteiger partial charge on any atom is 0.0802 e. The van der Waals surface area contributed by atoms with Gasteiger partial charge in [0.1, 0.15) is 0 Å². The van der Waals surface area contributed by atoms with Gasteiger partial charge in [-0.1, -0.05) is 35.9 Å². The van der Waals surface area contributed by atoms with E-state index in [0.717, 1.165) is 22.2 Å². The molecule has 4 aromatic rings. The molecule has 2 aromatic heterocycles. The number of benzene rings is 2. The monoisotopic (exact) mass is 284 g/mol. The first-order valence-corrected chi connectivity index (χ1v) is 7.43. The summed E-state index contributed by atoms with van der Waals surface area (Å²) in [5.74, 6) is 0. The second-order valence-corrected chi connectivity index (χ2v) is 5.77. The summed E-state index contributed by atoms with van der Waals surface area (Å²) in [4.78, 5) is 9.30. The molecule has 0 saturated heterocycles. The molecule has 0 N–H and O–H groups in total. The molecule has 4 rings (SSSR count). The van der Waals surface area contributed by atoms with E-state index >= 15 is 0 Å². The molecule has 2 heterocycles. The van der Waals surface area contributed by atoms with Crippen molar-refractivity contribution in [1.29, 1.82) is 0 Å². The topological polar surface area (TPSA) is 25.8 Å². The Balaban J connectivity index is 2.09. The highest BCUT2D eigenvalue weighted by atomic mass is 14.7. The molecule has 0 fully saturated rings. The van der Waals surface area contributed by atoms with Crippen LogP contribution < -0.4 is 0 Å². The molecule has 2 aromatic carbocycles. The maximum atomic E-state index is 4.65. The molecule has 0 aliphatic heterocycles. The fourth-order valence-electron chi connectivity index (χ4n) is 2.96. The summed E-state index contributed by atoms with van der Waals surface area (Å²) in [6, 6.07) is 17.0. The minimum Gasteiger partial charge on any atom is -0.256 e. The zero-order valence-electron chi connectivity index (χ0n) is 12.7. The SMILES string of the molecule is Cc1cnc2c(-c3nccc4ccc(C)cc34)cccc2c1. The van der Waals surface area contributed by atoms with Gasteiger partial charge in [0.15, 0.2) is 0 Å². The Morgan fingerprint density at radius 1 is 0.773 bits per heavy atom. The van der Waals surface area contributed by atoms with E-state index in [0.29, 0.717) is 0 Å². The summed E-state index contributed by atoms with van der Waals surface area (Å²) in [5.41, 5.74) is 5.52. The summed E-state index contributed by atoms with van der Waals surface area (Å²) < 4.78 is 0. The average Bonchev–Trinajstić information content (AvgIpc) is 2.53. The van der Waals surface area contributed by atoms with Gasteiger partial charge in [0.05, 0.1) is 11.2 Å². The van der Waals surface area contributed by atoms with Gasteiger partial charge in [-0.05, 0) is 43.0 Å². The smallest absolute Gasteiger partial charge is 0.0802 e. The lowest BCUT2D eigenvalue weighted by Crippen LogP contribution is -1.90. The first-order valence-electron chi connectivity index (χ1n) is 7.43. The van der Waals surface area contributed by atoms with Gasteiger partial charge in [-0.25, -0.2) is 0 Å². The normalized spacial score (nSPS) is 11.2. The summed E-state index contributed by atoms with van der Waals surface area (Å²) >= 11 is 0. The molecular formula is C20H16N2. The Labute approximate surface area is 129 Å². The molecule has 0 aliphatic carbocycles. The Kier molecular flexibility index (Phi) is 2.90. The Morgan fingerprint density at radius 2 is 1.68 bits per heavy atom. The average molecular weight is 284 g/mol. The highest BCUT2D eigenvalue weighted by Crippen LogP contribution is 2.31. The molecule has 2 heteroatoms. The molecule has 0 amide bonds. The molecule has 0 aliphatic rings. The standard InChI is InChI=1S/C20H16N2/c1-13-6-7-15-8-9-21-20(18(15)11-13)17-5-3-4-16-10-14(2)12-22-19(16)17/h3-12H,1-2H3. The number of pyridine rings is 2. The van der Waals surface area contributed by atoms with Crippen molar-refractivity contribution in [2.24, 2.45) is 0 Å². The van der Waals surface area contributed by atoms with Gasteiger partial charge < -0.3 is 0 Å². The Morgan fingerprint density at radius 3 is 2.59 bits per heavy atom. The van der Waals surface area contributed by atoms with E-state index in [-0.39, 0.29) is 0 Å². The van der Waals surface area contributed by atoms with Crippen LogP contribution in [-0.2, 0) is 0 Å². The van der Waals surface area contributed by atoms with Crippen LogP contribution in [0.1, 0.15) is 11.1 Å². The lowest BCUT2D eigenvalue weighted by molar-refractivity contribution is 1.31. The molecule has 0 bridgehead atoms. The van der Waals surface area contributed by atoms with E-state index < -0.39 is 0 Å². The molecule has 106 valence electrons. The third-order valence-corrected chi connectivity index (χ3v) is 4.02. The van der Waals surface area contributed by atoms with Crippen molar-refractivity contribution in [3.05, 3.63) is 72.1 Å². The predicted octanol–water partition coefficient (Wildman–Crippen LogP) is 5.07.